The highest BCUT2D eigenvalue weighted by Gasteiger charge is 2.20. The highest BCUT2D eigenvalue weighted by Crippen LogP contribution is 2.05. The summed E-state index contributed by atoms with van der Waals surface area (Å²) in [4.78, 5) is 13.4. The largest absolute Gasteiger partial charge is 0.389 e. The third kappa shape index (κ3) is 7.51. The van der Waals surface area contributed by atoms with Gasteiger partial charge in [0.1, 0.15) is 0 Å². The molecule has 4 heteroatoms. The Morgan fingerprint density at radius 2 is 2.00 bits per heavy atom. The summed E-state index contributed by atoms with van der Waals surface area (Å²) in [7, 11) is 0. The maximum Gasteiger partial charge on any atom is 0.317 e. The summed E-state index contributed by atoms with van der Waals surface area (Å²) < 4.78 is 0. The molecule has 0 heterocycles. The average molecular weight is 230 g/mol. The Morgan fingerprint density at radius 1 is 1.44 bits per heavy atom. The number of likely N-dealkylation sites (N-methyl/N-ethyl adjacent to an activating group) is 1. The number of carbonyl (C=O) groups excluding carboxylic acids is 1. The van der Waals surface area contributed by atoms with E-state index in [2.05, 4.69) is 19.2 Å². The number of hydrogen-bond acceptors (Lipinski definition) is 2. The van der Waals surface area contributed by atoms with Gasteiger partial charge >= 0.3 is 6.03 Å². The lowest BCUT2D eigenvalue weighted by Gasteiger charge is -2.28. The minimum Gasteiger partial charge on any atom is -0.389 e. The monoisotopic (exact) mass is 230 g/mol. The topological polar surface area (TPSA) is 52.6 Å². The summed E-state index contributed by atoms with van der Waals surface area (Å²) >= 11 is 0. The number of rotatable bonds is 6. The minimum absolute atomic E-state index is 0.0923. The predicted octanol–water partition coefficient (Wildman–Crippen LogP) is 1.83. The van der Waals surface area contributed by atoms with E-state index in [1.54, 1.807) is 18.7 Å². The molecule has 0 fully saturated rings. The number of nitrogens with one attached hydrogen (secondary N) is 1. The molecule has 96 valence electrons. The van der Waals surface area contributed by atoms with Crippen molar-refractivity contribution >= 4 is 6.03 Å². The molecule has 0 atom stereocenters. The number of urea groups is 1. The summed E-state index contributed by atoms with van der Waals surface area (Å²) in [6.45, 7) is 11.2. The highest BCUT2D eigenvalue weighted by atomic mass is 16.3. The van der Waals surface area contributed by atoms with Crippen LogP contribution in [0.1, 0.15) is 41.0 Å². The maximum absolute atomic E-state index is 11.7. The first-order chi connectivity index (χ1) is 7.26. The lowest BCUT2D eigenvalue weighted by atomic mass is 10.1. The standard InChI is InChI=1S/C12H26N2O2/c1-6-14(9-12(4,5)16)11(15)13-8-7-10(2)3/h10,16H,6-9H2,1-5H3,(H,13,15). The van der Waals surface area contributed by atoms with E-state index in [1.165, 1.54) is 0 Å². The maximum atomic E-state index is 11.7. The second-order valence-electron chi connectivity index (χ2n) is 5.24. The van der Waals surface area contributed by atoms with Crippen LogP contribution in [-0.4, -0.2) is 41.3 Å². The zero-order valence-electron chi connectivity index (χ0n) is 11.2. The molecule has 0 aromatic rings. The van der Waals surface area contributed by atoms with Gasteiger partial charge in [-0.05, 0) is 33.1 Å². The lowest BCUT2D eigenvalue weighted by molar-refractivity contribution is 0.0480. The fraction of sp³-hybridized carbons (Fsp3) is 0.917. The van der Waals surface area contributed by atoms with E-state index in [9.17, 15) is 9.90 Å². The molecule has 4 nitrogen and oxygen atoms in total. The van der Waals surface area contributed by atoms with Gasteiger partial charge in [0.25, 0.3) is 0 Å². The third-order valence-corrected chi connectivity index (χ3v) is 2.24. The van der Waals surface area contributed by atoms with Gasteiger partial charge < -0.3 is 15.3 Å². The van der Waals surface area contributed by atoms with Crippen molar-refractivity contribution in [3.63, 3.8) is 0 Å². The first-order valence-corrected chi connectivity index (χ1v) is 6.01. The Labute approximate surface area is 99.0 Å². The number of hydrogen-bond donors (Lipinski definition) is 2. The summed E-state index contributed by atoms with van der Waals surface area (Å²) in [5.41, 5.74) is -0.842. The minimum atomic E-state index is -0.842. The molecule has 0 rings (SSSR count). The number of nitrogens with zero attached hydrogens (tertiary/aromatic N) is 1. The van der Waals surface area contributed by atoms with Crippen LogP contribution >= 0.6 is 0 Å². The van der Waals surface area contributed by atoms with E-state index < -0.39 is 5.60 Å². The molecule has 2 amide bonds. The van der Waals surface area contributed by atoms with Gasteiger partial charge in [0.05, 0.1) is 12.1 Å². The Kier molecular flexibility index (Phi) is 6.41. The molecule has 0 radical (unpaired) electrons. The fourth-order valence-electron chi connectivity index (χ4n) is 1.37. The van der Waals surface area contributed by atoms with Gasteiger partial charge in [-0.15, -0.1) is 0 Å². The number of carbonyl (C=O) groups is 1. The van der Waals surface area contributed by atoms with Gasteiger partial charge in [-0.3, -0.25) is 0 Å². The van der Waals surface area contributed by atoms with Crippen molar-refractivity contribution in [1.82, 2.24) is 10.2 Å². The molecule has 0 aliphatic heterocycles. The zero-order chi connectivity index (χ0) is 12.8. The number of amides is 2. The first-order valence-electron chi connectivity index (χ1n) is 6.01. The molecule has 0 spiro atoms. The number of aliphatic hydroxyl groups is 1. The summed E-state index contributed by atoms with van der Waals surface area (Å²) in [5.74, 6) is 0.588. The molecule has 0 aromatic heterocycles. The Bertz CT molecular complexity index is 210. The van der Waals surface area contributed by atoms with Gasteiger partial charge in [-0.1, -0.05) is 13.8 Å². The van der Waals surface area contributed by atoms with Crippen LogP contribution in [-0.2, 0) is 0 Å². The van der Waals surface area contributed by atoms with Crippen LogP contribution in [0.4, 0.5) is 4.79 Å². The van der Waals surface area contributed by atoms with Crippen molar-refractivity contribution in [1.29, 1.82) is 0 Å². The van der Waals surface area contributed by atoms with Crippen molar-refractivity contribution in [2.24, 2.45) is 5.92 Å². The summed E-state index contributed by atoms with van der Waals surface area (Å²) in [6.07, 6.45) is 0.978. The van der Waals surface area contributed by atoms with Crippen molar-refractivity contribution < 1.29 is 9.90 Å². The Hall–Kier alpha value is -0.770. The van der Waals surface area contributed by atoms with Crippen molar-refractivity contribution in [3.05, 3.63) is 0 Å². The lowest BCUT2D eigenvalue weighted by Crippen LogP contribution is -2.47. The van der Waals surface area contributed by atoms with E-state index in [1.807, 2.05) is 6.92 Å². The fourth-order valence-corrected chi connectivity index (χ4v) is 1.37. The van der Waals surface area contributed by atoms with Crippen molar-refractivity contribution in [3.8, 4) is 0 Å². The van der Waals surface area contributed by atoms with Crippen molar-refractivity contribution in [2.45, 2.75) is 46.6 Å². The first kappa shape index (κ1) is 15.2. The second kappa shape index (κ2) is 6.74. The van der Waals surface area contributed by atoms with Crippen LogP contribution < -0.4 is 5.32 Å². The predicted molar refractivity (Wildman–Crippen MR) is 66.4 cm³/mol. The van der Waals surface area contributed by atoms with Crippen LogP contribution in [0.25, 0.3) is 0 Å². The molecule has 0 aliphatic rings. The average Bonchev–Trinajstić information content (AvgIpc) is 2.11. The molecular formula is C12H26N2O2. The van der Waals surface area contributed by atoms with Gasteiger partial charge in [0, 0.05) is 13.1 Å². The van der Waals surface area contributed by atoms with Crippen LogP contribution in [0.15, 0.2) is 0 Å². The Morgan fingerprint density at radius 3 is 2.38 bits per heavy atom. The molecule has 0 unspecified atom stereocenters. The molecule has 0 aliphatic carbocycles. The van der Waals surface area contributed by atoms with Crippen LogP contribution in [0.2, 0.25) is 0 Å². The SMILES string of the molecule is CCN(CC(C)(C)O)C(=O)NCCC(C)C. The van der Waals surface area contributed by atoms with Gasteiger partial charge in [-0.25, -0.2) is 4.79 Å². The molecule has 2 N–H and O–H groups in total. The molecular weight excluding hydrogens is 204 g/mol. The van der Waals surface area contributed by atoms with Crippen molar-refractivity contribution in [2.75, 3.05) is 19.6 Å². The van der Waals surface area contributed by atoms with E-state index >= 15 is 0 Å². The van der Waals surface area contributed by atoms with E-state index in [4.69, 9.17) is 0 Å². The van der Waals surface area contributed by atoms with Gasteiger partial charge in [0.2, 0.25) is 0 Å². The molecule has 0 bridgehead atoms. The second-order valence-corrected chi connectivity index (χ2v) is 5.24. The van der Waals surface area contributed by atoms with Gasteiger partial charge in [0.15, 0.2) is 0 Å². The highest BCUT2D eigenvalue weighted by molar-refractivity contribution is 5.74. The van der Waals surface area contributed by atoms with E-state index in [-0.39, 0.29) is 6.03 Å². The molecule has 0 saturated carbocycles. The van der Waals surface area contributed by atoms with Crippen LogP contribution in [0, 0.1) is 5.92 Å². The molecule has 0 aromatic carbocycles. The Balaban J connectivity index is 4.02. The molecule has 0 saturated heterocycles. The quantitative estimate of drug-likeness (QED) is 0.731. The normalized spacial score (nSPS) is 11.7. The van der Waals surface area contributed by atoms with E-state index in [0.717, 1.165) is 6.42 Å². The zero-order valence-corrected chi connectivity index (χ0v) is 11.2. The van der Waals surface area contributed by atoms with Crippen LogP contribution in [0.3, 0.4) is 0 Å². The smallest absolute Gasteiger partial charge is 0.317 e. The van der Waals surface area contributed by atoms with E-state index in [0.29, 0.717) is 25.6 Å². The molecule has 16 heavy (non-hydrogen) atoms. The van der Waals surface area contributed by atoms with Crippen LogP contribution in [0.5, 0.6) is 0 Å². The summed E-state index contributed by atoms with van der Waals surface area (Å²) in [6, 6.07) is -0.0923. The summed E-state index contributed by atoms with van der Waals surface area (Å²) in [5, 5.41) is 12.5. The van der Waals surface area contributed by atoms with Gasteiger partial charge in [-0.2, -0.15) is 0 Å². The third-order valence-electron chi connectivity index (χ3n) is 2.24.